The Morgan fingerprint density at radius 1 is 1.03 bits per heavy atom. The summed E-state index contributed by atoms with van der Waals surface area (Å²) < 4.78 is 6.06. The van der Waals surface area contributed by atoms with Gasteiger partial charge in [-0.15, -0.1) is 23.1 Å². The van der Waals surface area contributed by atoms with Gasteiger partial charge in [0.15, 0.2) is 12.1 Å². The second kappa shape index (κ2) is 10.9. The van der Waals surface area contributed by atoms with E-state index in [1.165, 1.54) is 28.0 Å². The van der Waals surface area contributed by atoms with Crippen molar-refractivity contribution in [3.63, 3.8) is 0 Å². The molecule has 3 aromatic rings. The number of aliphatic hydroxyl groups is 1. The minimum atomic E-state index is -1.07. The molecule has 1 fully saturated rings. The highest BCUT2D eigenvalue weighted by molar-refractivity contribution is 8.03. The molecule has 3 atom stereocenters. The average molecular weight is 535 g/mol. The molecule has 2 aromatic carbocycles. The van der Waals surface area contributed by atoms with Crippen molar-refractivity contribution in [3.8, 4) is 0 Å². The fourth-order valence-electron chi connectivity index (χ4n) is 4.65. The predicted octanol–water partition coefficient (Wildman–Crippen LogP) is 3.66. The molecule has 37 heavy (non-hydrogen) atoms. The Hall–Kier alpha value is -3.40. The molecule has 2 amide bonds. The molecule has 0 saturated carbocycles. The van der Waals surface area contributed by atoms with E-state index in [-0.39, 0.29) is 24.8 Å². The first-order valence-corrected chi connectivity index (χ1v) is 13.7. The van der Waals surface area contributed by atoms with Crippen LogP contribution in [0.25, 0.3) is 0 Å². The number of nitrogens with one attached hydrogen (secondary N) is 1. The van der Waals surface area contributed by atoms with Gasteiger partial charge in [0.2, 0.25) is 11.8 Å². The van der Waals surface area contributed by atoms with Crippen molar-refractivity contribution in [2.24, 2.45) is 0 Å². The van der Waals surface area contributed by atoms with Crippen LogP contribution in [0.4, 0.5) is 0 Å². The number of β-lactam (4-membered cyclic amide) rings is 1. The number of esters is 1. The van der Waals surface area contributed by atoms with Gasteiger partial charge in [0, 0.05) is 4.88 Å². The Morgan fingerprint density at radius 2 is 1.68 bits per heavy atom. The minimum absolute atomic E-state index is 0.191. The molecule has 2 aliphatic heterocycles. The maximum Gasteiger partial charge on any atom is 0.334 e. The molecule has 1 saturated heterocycles. The zero-order valence-electron chi connectivity index (χ0n) is 20.1. The molecule has 0 radical (unpaired) electrons. The van der Waals surface area contributed by atoms with Crippen molar-refractivity contribution < 1.29 is 24.2 Å². The summed E-state index contributed by atoms with van der Waals surface area (Å²) in [6, 6.07) is 20.7. The molecule has 0 spiro atoms. The number of hydrogen-bond acceptors (Lipinski definition) is 7. The largest absolute Gasteiger partial charge is 0.451 e. The smallest absolute Gasteiger partial charge is 0.334 e. The SMILES string of the molecule is CC1=C(CO)C(C(=O)OC(c2ccccc2)c2ccccc2)N2C(=O)C(NC(=O)Cc3cccs3)[C@H]2S1. The lowest BCUT2D eigenvalue weighted by atomic mass is 9.96. The maximum absolute atomic E-state index is 13.7. The van der Waals surface area contributed by atoms with E-state index in [4.69, 9.17) is 4.74 Å². The second-order valence-electron chi connectivity index (χ2n) is 8.84. The summed E-state index contributed by atoms with van der Waals surface area (Å²) in [4.78, 5) is 42.6. The van der Waals surface area contributed by atoms with Crippen LogP contribution >= 0.6 is 23.1 Å². The number of thioether (sulfide) groups is 1. The number of thiophene rings is 1. The van der Waals surface area contributed by atoms with Gasteiger partial charge in [0.25, 0.3) is 0 Å². The number of amides is 2. The number of fused-ring (bicyclic) bond motifs is 1. The first-order valence-electron chi connectivity index (χ1n) is 11.9. The molecular formula is C28H26N2O5S2. The predicted molar refractivity (Wildman–Crippen MR) is 143 cm³/mol. The van der Waals surface area contributed by atoms with Gasteiger partial charge in [-0.05, 0) is 40.0 Å². The second-order valence-corrected chi connectivity index (χ2v) is 11.2. The van der Waals surface area contributed by atoms with Crippen molar-refractivity contribution in [1.29, 1.82) is 0 Å². The number of benzene rings is 2. The lowest BCUT2D eigenvalue weighted by molar-refractivity contribution is -0.165. The fraction of sp³-hybridized carbons (Fsp3) is 0.250. The van der Waals surface area contributed by atoms with E-state index in [1.807, 2.05) is 85.1 Å². The van der Waals surface area contributed by atoms with Crippen molar-refractivity contribution in [2.45, 2.75) is 36.9 Å². The van der Waals surface area contributed by atoms with E-state index in [9.17, 15) is 19.5 Å². The molecule has 5 rings (SSSR count). The first kappa shape index (κ1) is 25.3. The third-order valence-electron chi connectivity index (χ3n) is 6.50. The van der Waals surface area contributed by atoms with Crippen LogP contribution in [-0.4, -0.2) is 51.9 Å². The Balaban J connectivity index is 1.38. The topological polar surface area (TPSA) is 95.9 Å². The summed E-state index contributed by atoms with van der Waals surface area (Å²) in [6.45, 7) is 1.43. The molecule has 2 unspecified atom stereocenters. The van der Waals surface area contributed by atoms with Gasteiger partial charge in [-0.2, -0.15) is 0 Å². The third kappa shape index (κ3) is 5.07. The number of nitrogens with zero attached hydrogens (tertiary/aromatic N) is 1. The maximum atomic E-state index is 13.7. The zero-order chi connectivity index (χ0) is 25.9. The molecular weight excluding hydrogens is 508 g/mol. The number of carbonyl (C=O) groups excluding carboxylic acids is 3. The zero-order valence-corrected chi connectivity index (χ0v) is 21.7. The summed E-state index contributed by atoms with van der Waals surface area (Å²) >= 11 is 2.85. The summed E-state index contributed by atoms with van der Waals surface area (Å²) in [6.07, 6.45) is -0.488. The van der Waals surface area contributed by atoms with Crippen LogP contribution in [0.1, 0.15) is 29.0 Å². The number of ether oxygens (including phenoxy) is 1. The van der Waals surface area contributed by atoms with Gasteiger partial charge in [-0.1, -0.05) is 66.7 Å². The normalized spacial score (nSPS) is 20.9. The molecule has 3 heterocycles. The molecule has 2 aliphatic rings. The van der Waals surface area contributed by atoms with E-state index in [0.29, 0.717) is 5.57 Å². The van der Waals surface area contributed by atoms with E-state index < -0.39 is 29.5 Å². The molecule has 1 aromatic heterocycles. The van der Waals surface area contributed by atoms with Gasteiger partial charge in [-0.3, -0.25) is 9.59 Å². The van der Waals surface area contributed by atoms with Gasteiger partial charge in [0.1, 0.15) is 11.4 Å². The molecule has 7 nitrogen and oxygen atoms in total. The minimum Gasteiger partial charge on any atom is -0.451 e. The van der Waals surface area contributed by atoms with Gasteiger partial charge in [-0.25, -0.2) is 4.79 Å². The van der Waals surface area contributed by atoms with Crippen LogP contribution in [0, 0.1) is 0 Å². The highest BCUT2D eigenvalue weighted by atomic mass is 32.2. The number of hydrogen-bond donors (Lipinski definition) is 2. The van der Waals surface area contributed by atoms with Crippen LogP contribution in [-0.2, 0) is 25.5 Å². The van der Waals surface area contributed by atoms with Crippen LogP contribution in [0.2, 0.25) is 0 Å². The lowest BCUT2D eigenvalue weighted by Crippen LogP contribution is -2.74. The summed E-state index contributed by atoms with van der Waals surface area (Å²) in [5, 5.41) is 14.4. The van der Waals surface area contributed by atoms with Gasteiger partial charge >= 0.3 is 5.97 Å². The van der Waals surface area contributed by atoms with Crippen LogP contribution in [0.15, 0.2) is 88.7 Å². The van der Waals surface area contributed by atoms with E-state index in [1.54, 1.807) is 0 Å². The molecule has 2 N–H and O–H groups in total. The Labute approximate surface area is 223 Å². The van der Waals surface area contributed by atoms with Gasteiger partial charge in [0.05, 0.1) is 13.0 Å². The lowest BCUT2D eigenvalue weighted by Gasteiger charge is -2.52. The summed E-state index contributed by atoms with van der Waals surface area (Å²) in [5.41, 5.74) is 2.02. The quantitative estimate of drug-likeness (QED) is 0.338. The van der Waals surface area contributed by atoms with Crippen molar-refractivity contribution in [3.05, 3.63) is 105 Å². The molecule has 0 aliphatic carbocycles. The monoisotopic (exact) mass is 534 g/mol. The summed E-state index contributed by atoms with van der Waals surface area (Å²) in [5.74, 6) is -1.24. The molecule has 9 heteroatoms. The Kier molecular flexibility index (Phi) is 7.45. The average Bonchev–Trinajstić information content (AvgIpc) is 3.43. The van der Waals surface area contributed by atoms with E-state index in [0.717, 1.165) is 20.9 Å². The molecule has 0 bridgehead atoms. The van der Waals surface area contributed by atoms with E-state index in [2.05, 4.69) is 5.32 Å². The van der Waals surface area contributed by atoms with Crippen molar-refractivity contribution >= 4 is 40.9 Å². The molecule has 190 valence electrons. The summed E-state index contributed by atoms with van der Waals surface area (Å²) in [7, 11) is 0. The van der Waals surface area contributed by atoms with Crippen LogP contribution < -0.4 is 5.32 Å². The standard InChI is InChI=1S/C28H26N2O5S2/c1-17-21(16-31)24(28(34)35-25(18-9-4-2-5-10-18)19-11-6-3-7-12-19)30-26(33)23(27(30)37-17)29-22(32)15-20-13-8-14-36-20/h2-14,23-25,27,31H,15-16H2,1H3,(H,29,32)/t23?,24?,27-/m1/s1. The first-order chi connectivity index (χ1) is 18.0. The van der Waals surface area contributed by atoms with E-state index >= 15 is 0 Å². The van der Waals surface area contributed by atoms with Crippen molar-refractivity contribution in [2.75, 3.05) is 6.61 Å². The van der Waals surface area contributed by atoms with Gasteiger partial charge < -0.3 is 20.1 Å². The number of aliphatic hydroxyl groups excluding tert-OH is 1. The number of carbonyl (C=O) groups is 3. The third-order valence-corrected chi connectivity index (χ3v) is 8.73. The highest BCUT2D eigenvalue weighted by Crippen LogP contribution is 2.45. The Bertz CT molecular complexity index is 1270. The number of rotatable bonds is 8. The highest BCUT2D eigenvalue weighted by Gasteiger charge is 2.57. The van der Waals surface area contributed by atoms with Crippen LogP contribution in [0.3, 0.4) is 0 Å². The Morgan fingerprint density at radius 3 is 2.24 bits per heavy atom. The number of allylic oxidation sites excluding steroid dienone is 1. The van der Waals surface area contributed by atoms with Crippen molar-refractivity contribution in [1.82, 2.24) is 10.2 Å². The van der Waals surface area contributed by atoms with Crippen LogP contribution in [0.5, 0.6) is 0 Å². The fourth-order valence-corrected chi connectivity index (χ4v) is 6.70.